The van der Waals surface area contributed by atoms with E-state index in [1.807, 2.05) is 6.07 Å². The summed E-state index contributed by atoms with van der Waals surface area (Å²) in [4.78, 5) is 23.5. The Labute approximate surface area is 157 Å². The highest BCUT2D eigenvalue weighted by Crippen LogP contribution is 2.21. The van der Waals surface area contributed by atoms with Crippen LogP contribution in [0.25, 0.3) is 0 Å². The summed E-state index contributed by atoms with van der Waals surface area (Å²) in [7, 11) is 0. The van der Waals surface area contributed by atoms with Crippen molar-refractivity contribution in [2.75, 3.05) is 5.32 Å². The number of nitrogens with zero attached hydrogens (tertiary/aromatic N) is 1. The molecule has 0 aliphatic carbocycles. The SMILES string of the molecule is O=C(CC(=O)Nc1ccccc1Br)NN=Cc1ccc(Cl)cc1Cl. The van der Waals surface area contributed by atoms with Crippen molar-refractivity contribution in [2.45, 2.75) is 6.42 Å². The molecule has 0 saturated carbocycles. The fourth-order valence-electron chi connectivity index (χ4n) is 1.72. The van der Waals surface area contributed by atoms with Crippen molar-refractivity contribution in [1.82, 2.24) is 5.43 Å². The van der Waals surface area contributed by atoms with Gasteiger partial charge in [0.25, 0.3) is 0 Å². The number of hydrogen-bond donors (Lipinski definition) is 2. The minimum atomic E-state index is -0.541. The zero-order valence-electron chi connectivity index (χ0n) is 12.2. The standard InChI is InChI=1S/C16H12BrCl2N3O2/c17-12-3-1-2-4-14(12)21-15(23)8-16(24)22-20-9-10-5-6-11(18)7-13(10)19/h1-7,9H,8H2,(H,21,23)(H,22,24). The molecule has 2 aromatic rings. The van der Waals surface area contributed by atoms with Crippen LogP contribution in [0, 0.1) is 0 Å². The van der Waals surface area contributed by atoms with Crippen molar-refractivity contribution in [3.05, 3.63) is 62.5 Å². The van der Waals surface area contributed by atoms with Gasteiger partial charge in [0.05, 0.1) is 16.9 Å². The summed E-state index contributed by atoms with van der Waals surface area (Å²) in [5.41, 5.74) is 3.46. The lowest BCUT2D eigenvalue weighted by Gasteiger charge is -2.06. The molecule has 8 heteroatoms. The fraction of sp³-hybridized carbons (Fsp3) is 0.0625. The Morgan fingerprint density at radius 2 is 1.88 bits per heavy atom. The molecule has 0 saturated heterocycles. The largest absolute Gasteiger partial charge is 0.325 e. The van der Waals surface area contributed by atoms with Crippen LogP contribution in [0.3, 0.4) is 0 Å². The van der Waals surface area contributed by atoms with Gasteiger partial charge in [-0.1, -0.05) is 41.4 Å². The van der Waals surface area contributed by atoms with E-state index in [2.05, 4.69) is 31.8 Å². The van der Waals surface area contributed by atoms with Gasteiger partial charge < -0.3 is 5.32 Å². The van der Waals surface area contributed by atoms with Crippen molar-refractivity contribution in [3.8, 4) is 0 Å². The monoisotopic (exact) mass is 427 g/mol. The average Bonchev–Trinajstić information content (AvgIpc) is 2.51. The van der Waals surface area contributed by atoms with E-state index in [1.54, 1.807) is 36.4 Å². The highest BCUT2D eigenvalue weighted by atomic mass is 79.9. The summed E-state index contributed by atoms with van der Waals surface area (Å²) in [6.07, 6.45) is 1.02. The number of benzene rings is 2. The molecule has 0 aliphatic rings. The molecule has 2 rings (SSSR count). The Morgan fingerprint density at radius 3 is 2.58 bits per heavy atom. The zero-order valence-corrected chi connectivity index (χ0v) is 15.3. The van der Waals surface area contributed by atoms with Crippen molar-refractivity contribution in [3.63, 3.8) is 0 Å². The third-order valence-corrected chi connectivity index (χ3v) is 4.08. The quantitative estimate of drug-likeness (QED) is 0.424. The first-order valence-corrected chi connectivity index (χ1v) is 8.32. The first-order valence-electron chi connectivity index (χ1n) is 6.77. The fourth-order valence-corrected chi connectivity index (χ4v) is 2.56. The topological polar surface area (TPSA) is 70.6 Å². The number of amides is 2. The number of carbonyl (C=O) groups is 2. The summed E-state index contributed by atoms with van der Waals surface area (Å²) in [6, 6.07) is 12.0. The van der Waals surface area contributed by atoms with Gasteiger partial charge in [-0.05, 0) is 40.2 Å². The molecule has 0 unspecified atom stereocenters. The minimum absolute atomic E-state index is 0.354. The van der Waals surface area contributed by atoms with Gasteiger partial charge in [0.1, 0.15) is 6.42 Å². The first kappa shape index (κ1) is 18.4. The van der Waals surface area contributed by atoms with Gasteiger partial charge in [-0.15, -0.1) is 0 Å². The van der Waals surface area contributed by atoms with Crippen molar-refractivity contribution >= 4 is 62.8 Å². The van der Waals surface area contributed by atoms with Crippen LogP contribution in [0.5, 0.6) is 0 Å². The summed E-state index contributed by atoms with van der Waals surface area (Å²) >= 11 is 15.1. The third kappa shape index (κ3) is 5.63. The lowest BCUT2D eigenvalue weighted by atomic mass is 10.2. The predicted molar refractivity (Wildman–Crippen MR) is 99.6 cm³/mol. The molecule has 0 fully saturated rings. The maximum atomic E-state index is 11.8. The molecule has 0 bridgehead atoms. The van der Waals surface area contributed by atoms with Crippen LogP contribution >= 0.6 is 39.1 Å². The molecular weight excluding hydrogens is 417 g/mol. The maximum Gasteiger partial charge on any atom is 0.249 e. The van der Waals surface area contributed by atoms with E-state index in [9.17, 15) is 9.59 Å². The highest BCUT2D eigenvalue weighted by Gasteiger charge is 2.10. The molecule has 0 aliphatic heterocycles. The first-order chi connectivity index (χ1) is 11.5. The van der Waals surface area contributed by atoms with Crippen molar-refractivity contribution < 1.29 is 9.59 Å². The number of hydrogen-bond acceptors (Lipinski definition) is 3. The highest BCUT2D eigenvalue weighted by molar-refractivity contribution is 9.10. The van der Waals surface area contributed by atoms with Crippen LogP contribution < -0.4 is 10.7 Å². The van der Waals surface area contributed by atoms with E-state index in [4.69, 9.17) is 23.2 Å². The number of rotatable bonds is 5. The van der Waals surface area contributed by atoms with Gasteiger partial charge in [-0.25, -0.2) is 5.43 Å². The number of para-hydroxylation sites is 1. The molecular formula is C16H12BrCl2N3O2. The van der Waals surface area contributed by atoms with Crippen LogP contribution in [0.4, 0.5) is 5.69 Å². The normalized spacial score (nSPS) is 10.6. The Balaban J connectivity index is 1.85. The number of nitrogens with one attached hydrogen (secondary N) is 2. The van der Waals surface area contributed by atoms with E-state index in [1.165, 1.54) is 6.21 Å². The summed E-state index contributed by atoms with van der Waals surface area (Å²) in [6.45, 7) is 0. The lowest BCUT2D eigenvalue weighted by Crippen LogP contribution is -2.24. The van der Waals surface area contributed by atoms with Gasteiger partial charge in [-0.3, -0.25) is 9.59 Å². The molecule has 0 atom stereocenters. The van der Waals surface area contributed by atoms with Gasteiger partial charge in [0.15, 0.2) is 0 Å². The molecule has 2 aromatic carbocycles. The van der Waals surface area contributed by atoms with Crippen LogP contribution in [0.2, 0.25) is 10.0 Å². The third-order valence-electron chi connectivity index (χ3n) is 2.82. The molecule has 124 valence electrons. The molecule has 0 radical (unpaired) electrons. The molecule has 0 aromatic heterocycles. The summed E-state index contributed by atoms with van der Waals surface area (Å²) < 4.78 is 0.731. The smallest absolute Gasteiger partial charge is 0.249 e. The minimum Gasteiger partial charge on any atom is -0.325 e. The molecule has 24 heavy (non-hydrogen) atoms. The van der Waals surface area contributed by atoms with E-state index in [0.717, 1.165) is 4.47 Å². The maximum absolute atomic E-state index is 11.8. The second-order valence-corrected chi connectivity index (χ2v) is 6.36. The number of halogens is 3. The van der Waals surface area contributed by atoms with Crippen LogP contribution in [-0.4, -0.2) is 18.0 Å². The van der Waals surface area contributed by atoms with Crippen LogP contribution in [-0.2, 0) is 9.59 Å². The van der Waals surface area contributed by atoms with E-state index >= 15 is 0 Å². The van der Waals surface area contributed by atoms with Gasteiger partial charge in [0.2, 0.25) is 11.8 Å². The predicted octanol–water partition coefficient (Wildman–Crippen LogP) is 4.23. The van der Waals surface area contributed by atoms with Crippen LogP contribution in [0.15, 0.2) is 52.0 Å². The zero-order chi connectivity index (χ0) is 17.5. The Morgan fingerprint density at radius 1 is 1.12 bits per heavy atom. The number of hydrazone groups is 1. The average molecular weight is 429 g/mol. The van der Waals surface area contributed by atoms with Gasteiger partial charge >= 0.3 is 0 Å². The van der Waals surface area contributed by atoms with Gasteiger partial charge in [-0.2, -0.15) is 5.10 Å². The molecule has 0 spiro atoms. The Kier molecular flexibility index (Phi) is 6.78. The lowest BCUT2D eigenvalue weighted by molar-refractivity contribution is -0.126. The molecule has 0 heterocycles. The molecule has 2 N–H and O–H groups in total. The second-order valence-electron chi connectivity index (χ2n) is 4.66. The van der Waals surface area contributed by atoms with E-state index < -0.39 is 11.8 Å². The summed E-state index contributed by atoms with van der Waals surface area (Å²) in [5, 5.41) is 7.31. The Bertz CT molecular complexity index is 797. The molecule has 5 nitrogen and oxygen atoms in total. The number of carbonyl (C=O) groups excluding carboxylic acids is 2. The second kappa shape index (κ2) is 8.82. The molecule has 2 amide bonds. The van der Waals surface area contributed by atoms with Crippen molar-refractivity contribution in [2.24, 2.45) is 5.10 Å². The summed E-state index contributed by atoms with van der Waals surface area (Å²) in [5.74, 6) is -0.986. The van der Waals surface area contributed by atoms with E-state index in [-0.39, 0.29) is 6.42 Å². The van der Waals surface area contributed by atoms with Crippen molar-refractivity contribution in [1.29, 1.82) is 0 Å². The van der Waals surface area contributed by atoms with E-state index in [0.29, 0.717) is 21.3 Å². The number of anilines is 1. The Hall–Kier alpha value is -1.89. The van der Waals surface area contributed by atoms with Crippen LogP contribution in [0.1, 0.15) is 12.0 Å². The van der Waals surface area contributed by atoms with Gasteiger partial charge in [0, 0.05) is 15.1 Å².